The average molecular weight is 369 g/mol. The van der Waals surface area contributed by atoms with Gasteiger partial charge < -0.3 is 31.8 Å². The maximum atomic E-state index is 12.5. The Balaban J connectivity index is 1.92. The largest absolute Gasteiger partial charge is 0.387 e. The predicted molar refractivity (Wildman–Crippen MR) is 100 cm³/mol. The van der Waals surface area contributed by atoms with Crippen LogP contribution in [0.3, 0.4) is 0 Å². The number of fused-ring (bicyclic) bond motifs is 1. The van der Waals surface area contributed by atoms with Gasteiger partial charge in [-0.2, -0.15) is 0 Å². The molecule has 1 aliphatic rings. The van der Waals surface area contributed by atoms with Crippen LogP contribution in [0.2, 0.25) is 0 Å². The van der Waals surface area contributed by atoms with Crippen LogP contribution in [-0.2, 0) is 16.1 Å². The summed E-state index contributed by atoms with van der Waals surface area (Å²) in [7, 11) is 0. The Hall–Kier alpha value is -3.59. The van der Waals surface area contributed by atoms with Crippen LogP contribution in [0.5, 0.6) is 0 Å². The molecule has 1 aliphatic heterocycles. The third-order valence-corrected chi connectivity index (χ3v) is 4.19. The molecule has 1 aromatic heterocycles. The normalized spacial score (nSPS) is 14.4. The third kappa shape index (κ3) is 3.82. The number of anilines is 2. The van der Waals surface area contributed by atoms with E-state index in [1.54, 1.807) is 31.3 Å². The number of hydrogen-bond acceptors (Lipinski definition) is 4. The molecular formula is C18H19N5O4. The summed E-state index contributed by atoms with van der Waals surface area (Å²) in [6.07, 6.45) is 1.72. The van der Waals surface area contributed by atoms with Crippen LogP contribution in [-0.4, -0.2) is 34.5 Å². The number of aliphatic hydroxyl groups is 1. The van der Waals surface area contributed by atoms with Crippen LogP contribution < -0.4 is 21.7 Å². The molecular weight excluding hydrogens is 350 g/mol. The van der Waals surface area contributed by atoms with E-state index in [4.69, 9.17) is 10.8 Å². The van der Waals surface area contributed by atoms with E-state index in [2.05, 4.69) is 20.9 Å². The van der Waals surface area contributed by atoms with E-state index >= 15 is 0 Å². The standard InChI is InChI=1S/C18H19N5O4/c1-9(14-4-10(6-20-14)7-21-15(25)8-24)16-12-5-11(22-18(19)27)2-3-13(12)23-17(16)26/h2-6,20,24H,7-8H2,1H3,(H,21,25)(H,23,26)(H3,19,22,27)/b16-9+. The molecule has 3 rings (SSSR count). The summed E-state index contributed by atoms with van der Waals surface area (Å²) in [5.74, 6) is -0.713. The zero-order chi connectivity index (χ0) is 19.6. The van der Waals surface area contributed by atoms with E-state index in [1.165, 1.54) is 0 Å². The van der Waals surface area contributed by atoms with Crippen molar-refractivity contribution < 1.29 is 19.5 Å². The number of aliphatic hydroxyl groups excluding tert-OH is 1. The van der Waals surface area contributed by atoms with Gasteiger partial charge in [-0.15, -0.1) is 0 Å². The smallest absolute Gasteiger partial charge is 0.316 e. The van der Waals surface area contributed by atoms with Gasteiger partial charge in [-0.1, -0.05) is 0 Å². The Morgan fingerprint density at radius 3 is 2.74 bits per heavy atom. The van der Waals surface area contributed by atoms with Gasteiger partial charge in [-0.05, 0) is 42.3 Å². The van der Waals surface area contributed by atoms with Crippen molar-refractivity contribution in [3.8, 4) is 0 Å². The molecule has 0 aliphatic carbocycles. The second-order valence-electron chi connectivity index (χ2n) is 6.06. The summed E-state index contributed by atoms with van der Waals surface area (Å²) in [5.41, 5.74) is 9.65. The summed E-state index contributed by atoms with van der Waals surface area (Å²) in [6, 6.07) is 6.16. The molecule has 2 heterocycles. The van der Waals surface area contributed by atoms with E-state index in [9.17, 15) is 14.4 Å². The van der Waals surface area contributed by atoms with E-state index in [1.807, 2.05) is 6.07 Å². The zero-order valence-corrected chi connectivity index (χ0v) is 14.6. The lowest BCUT2D eigenvalue weighted by Gasteiger charge is -2.07. The quantitative estimate of drug-likeness (QED) is 0.436. The minimum atomic E-state index is -0.687. The first kappa shape index (κ1) is 18.2. The van der Waals surface area contributed by atoms with E-state index in [0.717, 1.165) is 11.3 Å². The molecule has 0 spiro atoms. The van der Waals surface area contributed by atoms with Crippen LogP contribution in [0.15, 0.2) is 30.5 Å². The number of aromatic nitrogens is 1. The van der Waals surface area contributed by atoms with Crippen LogP contribution >= 0.6 is 0 Å². The second kappa shape index (κ2) is 7.34. The summed E-state index contributed by atoms with van der Waals surface area (Å²) in [5, 5.41) is 16.6. The number of rotatable bonds is 5. The van der Waals surface area contributed by atoms with Gasteiger partial charge in [0, 0.05) is 35.4 Å². The number of carbonyl (C=O) groups is 3. The van der Waals surface area contributed by atoms with E-state index in [-0.39, 0.29) is 12.5 Å². The first-order valence-electron chi connectivity index (χ1n) is 8.17. The van der Waals surface area contributed by atoms with Gasteiger partial charge in [0.1, 0.15) is 6.61 Å². The number of nitrogens with one attached hydrogen (secondary N) is 4. The molecule has 0 fully saturated rings. The van der Waals surface area contributed by atoms with Crippen molar-refractivity contribution in [3.05, 3.63) is 47.3 Å². The number of hydrogen-bond donors (Lipinski definition) is 6. The first-order valence-corrected chi connectivity index (χ1v) is 8.17. The van der Waals surface area contributed by atoms with Crippen molar-refractivity contribution in [3.63, 3.8) is 0 Å². The van der Waals surface area contributed by atoms with Crippen molar-refractivity contribution in [2.24, 2.45) is 5.73 Å². The molecule has 4 amide bonds. The second-order valence-corrected chi connectivity index (χ2v) is 6.06. The molecule has 1 aromatic carbocycles. The van der Waals surface area contributed by atoms with Crippen molar-refractivity contribution in [2.75, 3.05) is 17.2 Å². The van der Waals surface area contributed by atoms with E-state index < -0.39 is 18.5 Å². The number of benzene rings is 1. The molecule has 7 N–H and O–H groups in total. The van der Waals surface area contributed by atoms with Gasteiger partial charge in [0.15, 0.2) is 0 Å². The summed E-state index contributed by atoms with van der Waals surface area (Å²) in [4.78, 5) is 37.8. The lowest BCUT2D eigenvalue weighted by Crippen LogP contribution is -2.25. The maximum absolute atomic E-state index is 12.5. The van der Waals surface area contributed by atoms with Gasteiger partial charge in [-0.25, -0.2) is 4.79 Å². The molecule has 0 saturated carbocycles. The summed E-state index contributed by atoms with van der Waals surface area (Å²) >= 11 is 0. The monoisotopic (exact) mass is 369 g/mol. The minimum Gasteiger partial charge on any atom is -0.387 e. The summed E-state index contributed by atoms with van der Waals surface area (Å²) < 4.78 is 0. The van der Waals surface area contributed by atoms with Crippen molar-refractivity contribution in [1.82, 2.24) is 10.3 Å². The zero-order valence-electron chi connectivity index (χ0n) is 14.6. The first-order chi connectivity index (χ1) is 12.9. The fourth-order valence-electron chi connectivity index (χ4n) is 2.91. The predicted octanol–water partition coefficient (Wildman–Crippen LogP) is 0.997. The third-order valence-electron chi connectivity index (χ3n) is 4.19. The minimum absolute atomic E-state index is 0.247. The maximum Gasteiger partial charge on any atom is 0.316 e. The van der Waals surface area contributed by atoms with Crippen LogP contribution in [0.4, 0.5) is 16.2 Å². The number of aromatic amines is 1. The highest BCUT2D eigenvalue weighted by atomic mass is 16.3. The Labute approximate surface area is 154 Å². The number of nitrogens with two attached hydrogens (primary N) is 1. The number of primary amides is 1. The number of carbonyl (C=O) groups excluding carboxylic acids is 3. The van der Waals surface area contributed by atoms with Crippen molar-refractivity contribution in [2.45, 2.75) is 13.5 Å². The number of urea groups is 1. The SMILES string of the molecule is C/C(=C1\C(=O)Nc2ccc(NC(N)=O)cc21)c1cc(CNC(=O)CO)c[nH]1. The molecule has 0 radical (unpaired) electrons. The molecule has 0 bridgehead atoms. The fraction of sp³-hybridized carbons (Fsp3) is 0.167. The molecule has 0 atom stereocenters. The Morgan fingerprint density at radius 2 is 2.04 bits per heavy atom. The van der Waals surface area contributed by atoms with Gasteiger partial charge >= 0.3 is 6.03 Å². The highest BCUT2D eigenvalue weighted by Crippen LogP contribution is 2.38. The van der Waals surface area contributed by atoms with Crippen LogP contribution in [0, 0.1) is 0 Å². The van der Waals surface area contributed by atoms with Crippen LogP contribution in [0.25, 0.3) is 11.1 Å². The molecule has 27 heavy (non-hydrogen) atoms. The van der Waals surface area contributed by atoms with E-state index in [0.29, 0.717) is 28.1 Å². The topological polar surface area (TPSA) is 149 Å². The lowest BCUT2D eigenvalue weighted by molar-refractivity contribution is -0.124. The summed E-state index contributed by atoms with van der Waals surface area (Å²) in [6.45, 7) is 1.49. The lowest BCUT2D eigenvalue weighted by atomic mass is 9.99. The molecule has 9 nitrogen and oxygen atoms in total. The Morgan fingerprint density at radius 1 is 1.26 bits per heavy atom. The highest BCUT2D eigenvalue weighted by Gasteiger charge is 2.27. The van der Waals surface area contributed by atoms with Gasteiger partial charge in [0.2, 0.25) is 5.91 Å². The Bertz CT molecular complexity index is 960. The number of allylic oxidation sites excluding steroid dienone is 1. The van der Waals surface area contributed by atoms with Gasteiger partial charge in [0.05, 0.1) is 5.57 Å². The van der Waals surface area contributed by atoms with Gasteiger partial charge in [-0.3, -0.25) is 9.59 Å². The molecule has 2 aromatic rings. The molecule has 9 heteroatoms. The van der Waals surface area contributed by atoms with Crippen LogP contribution in [0.1, 0.15) is 23.7 Å². The molecule has 0 saturated heterocycles. The molecule has 0 unspecified atom stereocenters. The number of H-pyrrole nitrogens is 1. The Kier molecular flexibility index (Phi) is 4.95. The van der Waals surface area contributed by atoms with Crippen molar-refractivity contribution >= 4 is 40.4 Å². The van der Waals surface area contributed by atoms with Gasteiger partial charge in [0.25, 0.3) is 5.91 Å². The average Bonchev–Trinajstić information content (AvgIpc) is 3.22. The van der Waals surface area contributed by atoms with Crippen molar-refractivity contribution in [1.29, 1.82) is 0 Å². The number of amides is 4. The molecule has 140 valence electrons. The highest BCUT2D eigenvalue weighted by molar-refractivity contribution is 6.36. The fourth-order valence-corrected chi connectivity index (χ4v) is 2.91.